The number of hydrogen-bond donors (Lipinski definition) is 2. The molecule has 186 valence electrons. The van der Waals surface area contributed by atoms with Crippen molar-refractivity contribution in [1.29, 1.82) is 0 Å². The van der Waals surface area contributed by atoms with Crippen molar-refractivity contribution in [2.75, 3.05) is 54.0 Å². The van der Waals surface area contributed by atoms with E-state index in [-0.39, 0.29) is 26.7 Å². The van der Waals surface area contributed by atoms with Gasteiger partial charge in [0.25, 0.3) is 0 Å². The Balaban J connectivity index is 2.12. The third kappa shape index (κ3) is 9.75. The van der Waals surface area contributed by atoms with E-state index < -0.39 is 11.9 Å². The zero-order valence-electron chi connectivity index (χ0n) is 19.5. The molecule has 0 radical (unpaired) electrons. The smallest absolute Gasteiger partial charge is 0.317 e. The molecule has 0 unspecified atom stereocenters. The SMILES string of the molecule is COCOc1ccccc1CN(CCN(CC(=O)O)Cc1ccccc1OCOC)CC(=O)O. The minimum absolute atomic E-state index is 0.0763. The van der Waals surface area contributed by atoms with Crippen LogP contribution in [0.4, 0.5) is 0 Å². The highest BCUT2D eigenvalue weighted by Crippen LogP contribution is 2.21. The first-order valence-electron chi connectivity index (χ1n) is 10.7. The number of benzene rings is 2. The number of carboxylic acids is 2. The van der Waals surface area contributed by atoms with Crippen molar-refractivity contribution in [2.24, 2.45) is 0 Å². The minimum atomic E-state index is -0.974. The van der Waals surface area contributed by atoms with E-state index >= 15 is 0 Å². The number of methoxy groups -OCH3 is 2. The van der Waals surface area contributed by atoms with E-state index in [1.54, 1.807) is 21.9 Å². The second-order valence-corrected chi connectivity index (χ2v) is 7.53. The third-order valence-electron chi connectivity index (χ3n) is 4.85. The second-order valence-electron chi connectivity index (χ2n) is 7.53. The topological polar surface area (TPSA) is 118 Å². The van der Waals surface area contributed by atoms with Gasteiger partial charge in [0.1, 0.15) is 11.5 Å². The number of carbonyl (C=O) groups is 2. The highest BCUT2D eigenvalue weighted by molar-refractivity contribution is 5.69. The molecule has 0 aliphatic carbocycles. The van der Waals surface area contributed by atoms with Gasteiger partial charge in [-0.1, -0.05) is 36.4 Å². The molecule has 0 fully saturated rings. The number of carboxylic acid groups (broad SMARTS) is 2. The van der Waals surface area contributed by atoms with Crippen molar-refractivity contribution in [3.63, 3.8) is 0 Å². The molecule has 2 rings (SSSR count). The number of rotatable bonds is 17. The lowest BCUT2D eigenvalue weighted by Gasteiger charge is -2.27. The van der Waals surface area contributed by atoms with Crippen LogP contribution in [-0.2, 0) is 32.2 Å². The average Bonchev–Trinajstić information content (AvgIpc) is 2.80. The fraction of sp³-hybridized carbons (Fsp3) is 0.417. The molecule has 2 aromatic rings. The van der Waals surface area contributed by atoms with Gasteiger partial charge in [-0.05, 0) is 12.1 Å². The van der Waals surface area contributed by atoms with Crippen molar-refractivity contribution < 1.29 is 38.7 Å². The van der Waals surface area contributed by atoms with Crippen LogP contribution in [0.2, 0.25) is 0 Å². The maximum absolute atomic E-state index is 11.5. The molecule has 0 heterocycles. The number of para-hydroxylation sites is 2. The zero-order chi connectivity index (χ0) is 24.8. The minimum Gasteiger partial charge on any atom is -0.480 e. The Labute approximate surface area is 199 Å². The quantitative estimate of drug-likeness (QED) is 0.329. The van der Waals surface area contributed by atoms with Crippen LogP contribution < -0.4 is 9.47 Å². The summed E-state index contributed by atoms with van der Waals surface area (Å²) in [5.41, 5.74) is 1.62. The first kappa shape index (κ1) is 27.1. The van der Waals surface area contributed by atoms with E-state index in [2.05, 4.69) is 0 Å². The molecule has 0 atom stereocenters. The molecular formula is C24H32N2O8. The molecule has 2 aromatic carbocycles. The maximum atomic E-state index is 11.5. The summed E-state index contributed by atoms with van der Waals surface area (Å²) in [4.78, 5) is 26.4. The van der Waals surface area contributed by atoms with E-state index in [0.29, 0.717) is 37.7 Å². The Hall–Kier alpha value is -3.18. The summed E-state index contributed by atoms with van der Waals surface area (Å²) >= 11 is 0. The van der Waals surface area contributed by atoms with Gasteiger partial charge in [0.15, 0.2) is 13.6 Å². The fourth-order valence-electron chi connectivity index (χ4n) is 3.37. The van der Waals surface area contributed by atoms with Gasteiger partial charge in [-0.3, -0.25) is 19.4 Å². The first-order chi connectivity index (χ1) is 16.4. The normalized spacial score (nSPS) is 11.1. The summed E-state index contributed by atoms with van der Waals surface area (Å²) in [6, 6.07) is 14.7. The van der Waals surface area contributed by atoms with Gasteiger partial charge >= 0.3 is 11.9 Å². The van der Waals surface area contributed by atoms with Gasteiger partial charge in [0.05, 0.1) is 13.1 Å². The maximum Gasteiger partial charge on any atom is 0.317 e. The van der Waals surface area contributed by atoms with Gasteiger partial charge < -0.3 is 29.2 Å². The fourth-order valence-corrected chi connectivity index (χ4v) is 3.37. The zero-order valence-corrected chi connectivity index (χ0v) is 19.5. The van der Waals surface area contributed by atoms with E-state index in [9.17, 15) is 19.8 Å². The molecule has 0 aliphatic heterocycles. The first-order valence-corrected chi connectivity index (χ1v) is 10.7. The number of hydrogen-bond acceptors (Lipinski definition) is 8. The summed E-state index contributed by atoms with van der Waals surface area (Å²) in [6.07, 6.45) is 0. The summed E-state index contributed by atoms with van der Waals surface area (Å²) in [6.45, 7) is 1.06. The molecule has 0 aliphatic rings. The van der Waals surface area contributed by atoms with E-state index in [1.165, 1.54) is 14.2 Å². The average molecular weight is 477 g/mol. The van der Waals surface area contributed by atoms with Crippen molar-refractivity contribution in [3.05, 3.63) is 59.7 Å². The van der Waals surface area contributed by atoms with Crippen molar-refractivity contribution in [3.8, 4) is 11.5 Å². The molecule has 34 heavy (non-hydrogen) atoms. The van der Waals surface area contributed by atoms with Crippen molar-refractivity contribution >= 4 is 11.9 Å². The van der Waals surface area contributed by atoms with E-state index in [0.717, 1.165) is 11.1 Å². The van der Waals surface area contributed by atoms with Crippen molar-refractivity contribution in [2.45, 2.75) is 13.1 Å². The highest BCUT2D eigenvalue weighted by Gasteiger charge is 2.18. The molecule has 0 saturated heterocycles. The Morgan fingerprint density at radius 2 is 1.09 bits per heavy atom. The molecule has 10 heteroatoms. The van der Waals surface area contributed by atoms with Gasteiger partial charge in [-0.25, -0.2) is 0 Å². The van der Waals surface area contributed by atoms with Gasteiger partial charge in [-0.15, -0.1) is 0 Å². The summed E-state index contributed by atoms with van der Waals surface area (Å²) in [7, 11) is 3.05. The Kier molecular flexibility index (Phi) is 11.8. The summed E-state index contributed by atoms with van der Waals surface area (Å²) in [5, 5.41) is 18.8. The molecular weight excluding hydrogens is 444 g/mol. The van der Waals surface area contributed by atoms with Crippen LogP contribution >= 0.6 is 0 Å². The molecule has 0 saturated carbocycles. The summed E-state index contributed by atoms with van der Waals surface area (Å²) in [5.74, 6) is -0.741. The van der Waals surface area contributed by atoms with Crippen LogP contribution in [0, 0.1) is 0 Å². The van der Waals surface area contributed by atoms with Crippen LogP contribution in [0.1, 0.15) is 11.1 Å². The molecule has 0 bridgehead atoms. The van der Waals surface area contributed by atoms with Gasteiger partial charge in [0, 0.05) is 51.5 Å². The highest BCUT2D eigenvalue weighted by atomic mass is 16.7. The Morgan fingerprint density at radius 1 is 0.706 bits per heavy atom. The molecule has 0 spiro atoms. The molecule has 0 aromatic heterocycles. The van der Waals surface area contributed by atoms with Gasteiger partial charge in [0.2, 0.25) is 0 Å². The predicted octanol–water partition coefficient (Wildman–Crippen LogP) is 2.13. The third-order valence-corrected chi connectivity index (χ3v) is 4.85. The van der Waals surface area contributed by atoms with Crippen LogP contribution in [-0.4, -0.2) is 85.9 Å². The van der Waals surface area contributed by atoms with Crippen molar-refractivity contribution in [1.82, 2.24) is 9.80 Å². The second kappa shape index (κ2) is 14.9. The van der Waals surface area contributed by atoms with Gasteiger partial charge in [-0.2, -0.15) is 0 Å². The predicted molar refractivity (Wildman–Crippen MR) is 124 cm³/mol. The standard InChI is InChI=1S/C24H32N2O8/c1-31-17-33-21-9-5-3-7-19(21)13-25(15-23(27)28)11-12-26(16-24(29)30)14-20-8-4-6-10-22(20)34-18-32-2/h3-10H,11-18H2,1-2H3,(H,27,28)(H,29,30). The monoisotopic (exact) mass is 476 g/mol. The lowest BCUT2D eigenvalue weighted by molar-refractivity contribution is -0.140. The Bertz CT molecular complexity index is 835. The largest absolute Gasteiger partial charge is 0.480 e. The lowest BCUT2D eigenvalue weighted by atomic mass is 10.1. The van der Waals surface area contributed by atoms with Crippen LogP contribution in [0.3, 0.4) is 0 Å². The number of ether oxygens (including phenoxy) is 4. The number of nitrogens with zero attached hydrogens (tertiary/aromatic N) is 2. The number of aliphatic carboxylic acids is 2. The van der Waals surface area contributed by atoms with Crippen LogP contribution in [0.15, 0.2) is 48.5 Å². The lowest BCUT2D eigenvalue weighted by Crippen LogP contribution is -2.39. The molecule has 2 N–H and O–H groups in total. The molecule has 10 nitrogen and oxygen atoms in total. The molecule has 0 amide bonds. The van der Waals surface area contributed by atoms with E-state index in [1.807, 2.05) is 36.4 Å². The van der Waals surface area contributed by atoms with Crippen LogP contribution in [0.5, 0.6) is 11.5 Å². The Morgan fingerprint density at radius 3 is 1.44 bits per heavy atom. The van der Waals surface area contributed by atoms with E-state index in [4.69, 9.17) is 18.9 Å². The summed E-state index contributed by atoms with van der Waals surface area (Å²) < 4.78 is 21.1. The van der Waals surface area contributed by atoms with Crippen LogP contribution in [0.25, 0.3) is 0 Å².